The van der Waals surface area contributed by atoms with E-state index in [1.165, 1.54) is 11.6 Å². The number of amides is 1. The van der Waals surface area contributed by atoms with Crippen molar-refractivity contribution in [1.29, 1.82) is 0 Å². The van der Waals surface area contributed by atoms with Crippen LogP contribution >= 0.6 is 0 Å². The van der Waals surface area contributed by atoms with Crippen molar-refractivity contribution in [2.24, 2.45) is 0 Å². The Morgan fingerprint density at radius 1 is 0.852 bits per heavy atom. The van der Waals surface area contributed by atoms with Gasteiger partial charge in [-0.3, -0.25) is 14.6 Å². The minimum atomic E-state index is -0.169. The van der Waals surface area contributed by atoms with Gasteiger partial charge in [-0.25, -0.2) is 0 Å². The van der Waals surface area contributed by atoms with Crippen LogP contribution in [0, 0.1) is 0 Å². The van der Waals surface area contributed by atoms with E-state index < -0.39 is 0 Å². The predicted octanol–water partition coefficient (Wildman–Crippen LogP) is 1.80. The van der Waals surface area contributed by atoms with Crippen LogP contribution in [-0.2, 0) is 17.8 Å². The number of rotatable bonds is 5. The van der Waals surface area contributed by atoms with Gasteiger partial charge in [-0.2, -0.15) is 0 Å². The van der Waals surface area contributed by atoms with Crippen LogP contribution in [0.5, 0.6) is 11.5 Å². The molecule has 142 valence electrons. The molecule has 2 heterocycles. The van der Waals surface area contributed by atoms with E-state index in [-0.39, 0.29) is 23.8 Å². The Morgan fingerprint density at radius 2 is 1.56 bits per heavy atom. The fraction of sp³-hybridized carbons (Fsp3) is 0.381. The number of fused-ring (bicyclic) bond motifs is 1. The molecule has 0 aromatic heterocycles. The Kier molecular flexibility index (Phi) is 5.01. The van der Waals surface area contributed by atoms with E-state index in [0.29, 0.717) is 12.1 Å². The van der Waals surface area contributed by atoms with Crippen molar-refractivity contribution in [3.8, 4) is 11.5 Å². The Hall–Kier alpha value is -2.57. The van der Waals surface area contributed by atoms with Gasteiger partial charge in [0.25, 0.3) is 0 Å². The number of benzene rings is 2. The molecule has 2 aliphatic heterocycles. The standard InChI is InChI=1S/C21H25N3O3/c25-19-7-6-18-17(21(19)27)14-20(26)24(18)13-12-22-8-10-23(11-9-22)15-16-4-2-1-3-5-16/h1-7,25,27H,8-15H2. The fourth-order valence-corrected chi connectivity index (χ4v) is 3.92. The first-order valence-corrected chi connectivity index (χ1v) is 9.44. The molecular formula is C21H25N3O3. The summed E-state index contributed by atoms with van der Waals surface area (Å²) in [4.78, 5) is 18.9. The lowest BCUT2D eigenvalue weighted by atomic mass is 10.1. The third kappa shape index (κ3) is 3.77. The Bertz CT molecular complexity index is 817. The molecule has 1 amide bonds. The summed E-state index contributed by atoms with van der Waals surface area (Å²) >= 11 is 0. The molecule has 1 fully saturated rings. The molecule has 2 aromatic carbocycles. The lowest BCUT2D eigenvalue weighted by Crippen LogP contribution is -2.48. The molecule has 2 aromatic rings. The molecule has 0 bridgehead atoms. The largest absolute Gasteiger partial charge is 0.504 e. The molecule has 2 aliphatic rings. The first kappa shape index (κ1) is 17.8. The van der Waals surface area contributed by atoms with Crippen molar-refractivity contribution in [3.05, 3.63) is 53.6 Å². The van der Waals surface area contributed by atoms with E-state index >= 15 is 0 Å². The van der Waals surface area contributed by atoms with Crippen molar-refractivity contribution in [3.63, 3.8) is 0 Å². The number of carbonyl (C=O) groups excluding carboxylic acids is 1. The van der Waals surface area contributed by atoms with Gasteiger partial charge < -0.3 is 15.1 Å². The normalized spacial score (nSPS) is 18.1. The maximum atomic E-state index is 12.3. The van der Waals surface area contributed by atoms with Gasteiger partial charge >= 0.3 is 0 Å². The van der Waals surface area contributed by atoms with Gasteiger partial charge in [0.15, 0.2) is 11.5 Å². The van der Waals surface area contributed by atoms with E-state index in [2.05, 4.69) is 34.1 Å². The molecule has 0 radical (unpaired) electrons. The topological polar surface area (TPSA) is 67.2 Å². The van der Waals surface area contributed by atoms with Gasteiger partial charge in [0.2, 0.25) is 5.91 Å². The molecule has 4 rings (SSSR count). The minimum Gasteiger partial charge on any atom is -0.504 e. The smallest absolute Gasteiger partial charge is 0.231 e. The third-order valence-corrected chi connectivity index (χ3v) is 5.51. The number of piperazine rings is 1. The average Bonchev–Trinajstić information content (AvgIpc) is 3.01. The first-order chi connectivity index (χ1) is 13.1. The summed E-state index contributed by atoms with van der Waals surface area (Å²) in [5.74, 6) is -0.357. The van der Waals surface area contributed by atoms with Gasteiger partial charge in [-0.05, 0) is 17.7 Å². The number of nitrogens with zero attached hydrogens (tertiary/aromatic N) is 3. The fourth-order valence-electron chi connectivity index (χ4n) is 3.92. The van der Waals surface area contributed by atoms with Crippen LogP contribution < -0.4 is 4.90 Å². The molecule has 0 spiro atoms. The monoisotopic (exact) mass is 367 g/mol. The summed E-state index contributed by atoms with van der Waals surface area (Å²) in [6, 6.07) is 13.7. The van der Waals surface area contributed by atoms with Crippen molar-refractivity contribution in [2.75, 3.05) is 44.2 Å². The van der Waals surface area contributed by atoms with E-state index in [1.54, 1.807) is 11.0 Å². The second-order valence-corrected chi connectivity index (χ2v) is 7.26. The summed E-state index contributed by atoms with van der Waals surface area (Å²) in [7, 11) is 0. The number of aromatic hydroxyl groups is 2. The third-order valence-electron chi connectivity index (χ3n) is 5.51. The van der Waals surface area contributed by atoms with Crippen LogP contribution in [0.2, 0.25) is 0 Å². The van der Waals surface area contributed by atoms with Crippen LogP contribution in [-0.4, -0.2) is 65.2 Å². The van der Waals surface area contributed by atoms with Crippen molar-refractivity contribution in [1.82, 2.24) is 9.80 Å². The summed E-state index contributed by atoms with van der Waals surface area (Å²) in [5, 5.41) is 19.6. The van der Waals surface area contributed by atoms with E-state index in [1.807, 2.05) is 6.07 Å². The van der Waals surface area contributed by atoms with E-state index in [0.717, 1.165) is 45.0 Å². The highest BCUT2D eigenvalue weighted by Gasteiger charge is 2.31. The minimum absolute atomic E-state index is 0.0198. The molecule has 0 unspecified atom stereocenters. The molecule has 0 atom stereocenters. The lowest BCUT2D eigenvalue weighted by molar-refractivity contribution is -0.117. The van der Waals surface area contributed by atoms with Gasteiger partial charge in [0.1, 0.15) is 0 Å². The Balaban J connectivity index is 1.30. The number of carbonyl (C=O) groups is 1. The number of anilines is 1. The molecule has 1 saturated heterocycles. The summed E-state index contributed by atoms with van der Waals surface area (Å²) in [6.07, 6.45) is 0.153. The number of hydrogen-bond donors (Lipinski definition) is 2. The molecule has 0 saturated carbocycles. The van der Waals surface area contributed by atoms with Crippen LogP contribution in [0.15, 0.2) is 42.5 Å². The van der Waals surface area contributed by atoms with Crippen LogP contribution in [0.3, 0.4) is 0 Å². The van der Waals surface area contributed by atoms with Crippen LogP contribution in [0.25, 0.3) is 0 Å². The summed E-state index contributed by atoms with van der Waals surface area (Å²) < 4.78 is 0. The molecular weight excluding hydrogens is 342 g/mol. The lowest BCUT2D eigenvalue weighted by Gasteiger charge is -2.35. The van der Waals surface area contributed by atoms with E-state index in [4.69, 9.17) is 0 Å². The molecule has 0 aliphatic carbocycles. The quantitative estimate of drug-likeness (QED) is 0.789. The molecule has 6 heteroatoms. The Labute approximate surface area is 159 Å². The highest BCUT2D eigenvalue weighted by Crippen LogP contribution is 2.40. The second-order valence-electron chi connectivity index (χ2n) is 7.26. The van der Waals surface area contributed by atoms with Gasteiger partial charge in [-0.1, -0.05) is 30.3 Å². The van der Waals surface area contributed by atoms with Crippen LogP contribution in [0.1, 0.15) is 11.1 Å². The second kappa shape index (κ2) is 7.58. The van der Waals surface area contributed by atoms with Gasteiger partial charge in [0, 0.05) is 51.4 Å². The zero-order valence-corrected chi connectivity index (χ0v) is 15.3. The van der Waals surface area contributed by atoms with Crippen molar-refractivity contribution in [2.45, 2.75) is 13.0 Å². The maximum Gasteiger partial charge on any atom is 0.231 e. The highest BCUT2D eigenvalue weighted by molar-refractivity contribution is 6.02. The first-order valence-electron chi connectivity index (χ1n) is 9.44. The Morgan fingerprint density at radius 3 is 2.30 bits per heavy atom. The average molecular weight is 367 g/mol. The highest BCUT2D eigenvalue weighted by atomic mass is 16.3. The van der Waals surface area contributed by atoms with Gasteiger partial charge in [0.05, 0.1) is 12.1 Å². The van der Waals surface area contributed by atoms with Crippen LogP contribution in [0.4, 0.5) is 5.69 Å². The molecule has 2 N–H and O–H groups in total. The SMILES string of the molecule is O=C1Cc2c(ccc(O)c2O)N1CCN1CCN(Cc2ccccc2)CC1. The van der Waals surface area contributed by atoms with Gasteiger partial charge in [-0.15, -0.1) is 0 Å². The molecule has 27 heavy (non-hydrogen) atoms. The zero-order valence-electron chi connectivity index (χ0n) is 15.3. The summed E-state index contributed by atoms with van der Waals surface area (Å²) in [5.41, 5.74) is 2.60. The number of phenols is 2. The summed E-state index contributed by atoms with van der Waals surface area (Å²) in [6.45, 7) is 6.42. The molecule has 6 nitrogen and oxygen atoms in total. The van der Waals surface area contributed by atoms with Crippen molar-refractivity contribution >= 4 is 11.6 Å². The van der Waals surface area contributed by atoms with E-state index in [9.17, 15) is 15.0 Å². The zero-order chi connectivity index (χ0) is 18.8. The maximum absolute atomic E-state index is 12.3. The van der Waals surface area contributed by atoms with Crippen molar-refractivity contribution < 1.29 is 15.0 Å². The predicted molar refractivity (Wildman–Crippen MR) is 104 cm³/mol. The number of hydrogen-bond acceptors (Lipinski definition) is 5. The number of phenolic OH excluding ortho intramolecular Hbond substituents is 2.